The molecular weight excluding hydrogens is 468 g/mol. The third-order valence-corrected chi connectivity index (χ3v) is 5.79. The van der Waals surface area contributed by atoms with Gasteiger partial charge in [-0.1, -0.05) is 30.3 Å². The van der Waals surface area contributed by atoms with E-state index in [0.717, 1.165) is 5.56 Å². The Morgan fingerprint density at radius 2 is 1.58 bits per heavy atom. The first-order valence-electron chi connectivity index (χ1n) is 11.4. The molecule has 2 aromatic carbocycles. The molecule has 0 atom stereocenters. The predicted octanol–water partition coefficient (Wildman–Crippen LogP) is 3.35. The quantitative estimate of drug-likeness (QED) is 0.392. The maximum absolute atomic E-state index is 13.2. The largest absolute Gasteiger partial charge is 0.435 e. The van der Waals surface area contributed by atoms with Crippen molar-refractivity contribution in [3.8, 4) is 28.5 Å². The molecule has 0 N–H and O–H groups in total. The molecule has 0 aliphatic carbocycles. The summed E-state index contributed by atoms with van der Waals surface area (Å²) < 4.78 is 31.0. The van der Waals surface area contributed by atoms with Gasteiger partial charge in [0.2, 0.25) is 11.9 Å². The summed E-state index contributed by atoms with van der Waals surface area (Å²) in [7, 11) is 0. The number of ether oxygens (including phenoxy) is 1. The summed E-state index contributed by atoms with van der Waals surface area (Å²) in [6.45, 7) is -0.513. The Bertz CT molecular complexity index is 1290. The highest BCUT2D eigenvalue weighted by Gasteiger charge is 2.24. The summed E-state index contributed by atoms with van der Waals surface area (Å²) >= 11 is 0. The van der Waals surface area contributed by atoms with Crippen LogP contribution in [0.4, 0.5) is 14.7 Å². The number of piperazine rings is 1. The van der Waals surface area contributed by atoms with Gasteiger partial charge in [-0.25, -0.2) is 19.6 Å². The van der Waals surface area contributed by atoms with Crippen molar-refractivity contribution in [2.75, 3.05) is 31.1 Å². The molecule has 9 nitrogen and oxygen atoms in total. The van der Waals surface area contributed by atoms with Crippen molar-refractivity contribution in [2.45, 2.75) is 13.2 Å². The van der Waals surface area contributed by atoms with Crippen LogP contribution in [0.1, 0.15) is 0 Å². The van der Waals surface area contributed by atoms with Gasteiger partial charge in [-0.15, -0.1) is 5.10 Å². The monoisotopic (exact) mass is 491 g/mol. The minimum Gasteiger partial charge on any atom is -0.435 e. The number of aromatic nitrogens is 5. The lowest BCUT2D eigenvalue weighted by molar-refractivity contribution is -0.132. The Labute approximate surface area is 206 Å². The number of alkyl halides is 2. The zero-order valence-electron chi connectivity index (χ0n) is 19.2. The van der Waals surface area contributed by atoms with Gasteiger partial charge in [-0.2, -0.15) is 8.78 Å². The number of anilines is 1. The highest BCUT2D eigenvalue weighted by atomic mass is 19.3. The zero-order valence-corrected chi connectivity index (χ0v) is 19.2. The maximum atomic E-state index is 13.2. The third-order valence-electron chi connectivity index (χ3n) is 5.79. The van der Waals surface area contributed by atoms with Gasteiger partial charge in [-0.05, 0) is 30.3 Å². The van der Waals surface area contributed by atoms with E-state index < -0.39 is 6.61 Å². The molecule has 1 fully saturated rings. The fourth-order valence-corrected chi connectivity index (χ4v) is 4.00. The van der Waals surface area contributed by atoms with Crippen LogP contribution < -0.4 is 9.64 Å². The van der Waals surface area contributed by atoms with E-state index in [2.05, 4.69) is 24.8 Å². The minimum atomic E-state index is -2.90. The molecule has 1 aliphatic rings. The van der Waals surface area contributed by atoms with E-state index in [4.69, 9.17) is 0 Å². The van der Waals surface area contributed by atoms with Crippen molar-refractivity contribution in [3.05, 3.63) is 73.1 Å². The average Bonchev–Trinajstić information content (AvgIpc) is 3.33. The molecule has 0 unspecified atom stereocenters. The van der Waals surface area contributed by atoms with Crippen LogP contribution in [-0.4, -0.2) is 68.3 Å². The first kappa shape index (κ1) is 23.3. The topological polar surface area (TPSA) is 89.3 Å². The van der Waals surface area contributed by atoms with E-state index in [-0.39, 0.29) is 18.2 Å². The fourth-order valence-electron chi connectivity index (χ4n) is 4.00. The summed E-state index contributed by atoms with van der Waals surface area (Å²) in [6.07, 6.45) is 3.40. The van der Waals surface area contributed by atoms with Gasteiger partial charge >= 0.3 is 6.61 Å². The minimum absolute atomic E-state index is 0.0195. The Morgan fingerprint density at radius 1 is 0.889 bits per heavy atom. The second-order valence-corrected chi connectivity index (χ2v) is 8.10. The van der Waals surface area contributed by atoms with Gasteiger partial charge in [0.1, 0.15) is 12.3 Å². The Kier molecular flexibility index (Phi) is 6.78. The van der Waals surface area contributed by atoms with Crippen LogP contribution in [0.25, 0.3) is 22.8 Å². The Morgan fingerprint density at radius 3 is 2.25 bits per heavy atom. The van der Waals surface area contributed by atoms with Gasteiger partial charge in [0.05, 0.1) is 0 Å². The van der Waals surface area contributed by atoms with Crippen molar-refractivity contribution >= 4 is 11.9 Å². The lowest BCUT2D eigenvalue weighted by Gasteiger charge is -2.34. The summed E-state index contributed by atoms with van der Waals surface area (Å²) in [5.74, 6) is 1.56. The standard InChI is InChI=1S/C25H23F2N7O2/c26-24(27)36-20-9-7-18(8-10-20)22-30-23(19-5-2-1-3-6-19)34(31-22)17-21(35)32-13-15-33(16-14-32)25-28-11-4-12-29-25/h1-12,24H,13-17H2. The second-order valence-electron chi connectivity index (χ2n) is 8.10. The van der Waals surface area contributed by atoms with Crippen LogP contribution in [0.2, 0.25) is 0 Å². The van der Waals surface area contributed by atoms with E-state index in [1.807, 2.05) is 35.2 Å². The number of hydrogen-bond acceptors (Lipinski definition) is 7. The molecule has 0 bridgehead atoms. The molecule has 36 heavy (non-hydrogen) atoms. The Balaban J connectivity index is 1.34. The molecule has 184 valence electrons. The fraction of sp³-hybridized carbons (Fsp3) is 0.240. The van der Waals surface area contributed by atoms with Gasteiger partial charge in [0.15, 0.2) is 11.6 Å². The first-order valence-corrected chi connectivity index (χ1v) is 11.4. The molecule has 3 heterocycles. The van der Waals surface area contributed by atoms with E-state index in [0.29, 0.717) is 49.3 Å². The molecule has 0 saturated carbocycles. The molecule has 11 heteroatoms. The Hall–Kier alpha value is -4.41. The van der Waals surface area contributed by atoms with Crippen LogP contribution in [0.5, 0.6) is 5.75 Å². The number of rotatable bonds is 7. The molecule has 2 aromatic heterocycles. The first-order chi connectivity index (χ1) is 17.6. The lowest BCUT2D eigenvalue weighted by atomic mass is 10.2. The third kappa shape index (κ3) is 5.29. The van der Waals surface area contributed by atoms with Crippen molar-refractivity contribution in [1.82, 2.24) is 29.6 Å². The van der Waals surface area contributed by atoms with Gasteiger partial charge in [0, 0.05) is 49.7 Å². The van der Waals surface area contributed by atoms with Crippen molar-refractivity contribution in [3.63, 3.8) is 0 Å². The molecule has 1 saturated heterocycles. The molecule has 0 radical (unpaired) electrons. The summed E-state index contributed by atoms with van der Waals surface area (Å²) in [5, 5.41) is 4.58. The summed E-state index contributed by atoms with van der Waals surface area (Å²) in [6, 6.07) is 17.3. The number of carbonyl (C=O) groups is 1. The van der Waals surface area contributed by atoms with Crippen molar-refractivity contribution in [1.29, 1.82) is 0 Å². The van der Waals surface area contributed by atoms with E-state index in [9.17, 15) is 13.6 Å². The summed E-state index contributed by atoms with van der Waals surface area (Å²) in [4.78, 5) is 30.3. The molecule has 0 spiro atoms. The number of carbonyl (C=O) groups excluding carboxylic acids is 1. The predicted molar refractivity (Wildman–Crippen MR) is 128 cm³/mol. The lowest BCUT2D eigenvalue weighted by Crippen LogP contribution is -2.50. The molecule has 1 amide bonds. The molecule has 4 aromatic rings. The van der Waals surface area contributed by atoms with Crippen LogP contribution in [0.3, 0.4) is 0 Å². The number of benzene rings is 2. The highest BCUT2D eigenvalue weighted by molar-refractivity contribution is 5.77. The second kappa shape index (κ2) is 10.5. The SMILES string of the molecule is O=C(Cn1nc(-c2ccc(OC(F)F)cc2)nc1-c1ccccc1)N1CCN(c2ncccn2)CC1. The number of amides is 1. The highest BCUT2D eigenvalue weighted by Crippen LogP contribution is 2.25. The number of nitrogens with zero attached hydrogens (tertiary/aromatic N) is 7. The smallest absolute Gasteiger partial charge is 0.387 e. The van der Waals surface area contributed by atoms with Gasteiger partial charge < -0.3 is 14.5 Å². The number of halogens is 2. The maximum Gasteiger partial charge on any atom is 0.387 e. The van der Waals surface area contributed by atoms with Gasteiger partial charge in [0.25, 0.3) is 0 Å². The molecular formula is C25H23F2N7O2. The van der Waals surface area contributed by atoms with Crippen LogP contribution in [-0.2, 0) is 11.3 Å². The van der Waals surface area contributed by atoms with E-state index >= 15 is 0 Å². The van der Waals surface area contributed by atoms with E-state index in [1.54, 1.807) is 40.2 Å². The normalized spacial score (nSPS) is 13.8. The molecule has 1 aliphatic heterocycles. The zero-order chi connectivity index (χ0) is 24.9. The molecule has 5 rings (SSSR count). The van der Waals surface area contributed by atoms with E-state index in [1.165, 1.54) is 12.1 Å². The summed E-state index contributed by atoms with van der Waals surface area (Å²) in [5.41, 5.74) is 1.43. The van der Waals surface area contributed by atoms with Crippen LogP contribution in [0, 0.1) is 0 Å². The average molecular weight is 492 g/mol. The van der Waals surface area contributed by atoms with Crippen molar-refractivity contribution in [2.24, 2.45) is 0 Å². The number of hydrogen-bond donors (Lipinski definition) is 0. The van der Waals surface area contributed by atoms with Crippen LogP contribution in [0.15, 0.2) is 73.1 Å². The van der Waals surface area contributed by atoms with Gasteiger partial charge in [-0.3, -0.25) is 4.79 Å². The van der Waals surface area contributed by atoms with Crippen molar-refractivity contribution < 1.29 is 18.3 Å². The van der Waals surface area contributed by atoms with Crippen LogP contribution >= 0.6 is 0 Å².